The first-order chi connectivity index (χ1) is 12.3. The molecule has 8 nitrogen and oxygen atoms in total. The largest absolute Gasteiger partial charge is 0.480 e. The monoisotopic (exact) mass is 338 g/mol. The van der Waals surface area contributed by atoms with Crippen LogP contribution in [-0.4, -0.2) is 45.7 Å². The second kappa shape index (κ2) is 8.00. The number of anilines is 1. The van der Waals surface area contributed by atoms with Crippen LogP contribution < -0.4 is 14.8 Å². The molecule has 0 aliphatic heterocycles. The van der Waals surface area contributed by atoms with Gasteiger partial charge in [0.25, 0.3) is 0 Å². The topological polar surface area (TPSA) is 94.9 Å². The van der Waals surface area contributed by atoms with Crippen molar-refractivity contribution >= 4 is 5.82 Å². The summed E-state index contributed by atoms with van der Waals surface area (Å²) >= 11 is 0. The van der Waals surface area contributed by atoms with Crippen molar-refractivity contribution in [1.82, 2.24) is 24.9 Å². The fraction of sp³-hybridized carbons (Fsp3) is 0.235. The third-order valence-electron chi connectivity index (χ3n) is 3.43. The minimum absolute atomic E-state index is 0.234. The molecule has 0 aliphatic rings. The number of methoxy groups -OCH3 is 2. The molecule has 0 bridgehead atoms. The maximum Gasteiger partial charge on any atom is 0.319 e. The van der Waals surface area contributed by atoms with Gasteiger partial charge in [-0.2, -0.15) is 4.98 Å². The van der Waals surface area contributed by atoms with E-state index in [9.17, 15) is 0 Å². The Hall–Kier alpha value is -3.29. The van der Waals surface area contributed by atoms with Crippen molar-refractivity contribution < 1.29 is 9.47 Å². The van der Waals surface area contributed by atoms with Crippen LogP contribution in [0.15, 0.2) is 43.0 Å². The smallest absolute Gasteiger partial charge is 0.319 e. The molecule has 25 heavy (non-hydrogen) atoms. The number of ether oxygens (including phenoxy) is 2. The second-order valence-corrected chi connectivity index (χ2v) is 5.07. The molecule has 0 atom stereocenters. The maximum atomic E-state index is 5.29. The Morgan fingerprint density at radius 1 is 1.00 bits per heavy atom. The third kappa shape index (κ3) is 4.17. The molecule has 0 aromatic carbocycles. The van der Waals surface area contributed by atoms with Crippen LogP contribution in [0.4, 0.5) is 5.82 Å². The summed E-state index contributed by atoms with van der Waals surface area (Å²) in [7, 11) is 3.04. The minimum Gasteiger partial charge on any atom is -0.480 e. The lowest BCUT2D eigenvalue weighted by molar-refractivity contribution is 0.353. The number of nitrogens with zero attached hydrogens (tertiary/aromatic N) is 5. The summed E-state index contributed by atoms with van der Waals surface area (Å²) in [5.41, 5.74) is 2.27. The molecule has 1 N–H and O–H groups in total. The van der Waals surface area contributed by atoms with E-state index in [1.807, 2.05) is 18.2 Å². The van der Waals surface area contributed by atoms with Crippen LogP contribution in [0.25, 0.3) is 11.3 Å². The van der Waals surface area contributed by atoms with E-state index >= 15 is 0 Å². The molecular weight excluding hydrogens is 320 g/mol. The van der Waals surface area contributed by atoms with E-state index in [1.54, 1.807) is 24.8 Å². The van der Waals surface area contributed by atoms with E-state index < -0.39 is 0 Å². The van der Waals surface area contributed by atoms with E-state index in [2.05, 4.69) is 30.2 Å². The first-order valence-electron chi connectivity index (χ1n) is 7.71. The Balaban J connectivity index is 1.73. The molecular formula is C17H18N6O2. The van der Waals surface area contributed by atoms with Crippen molar-refractivity contribution in [2.45, 2.75) is 6.42 Å². The summed E-state index contributed by atoms with van der Waals surface area (Å²) in [5.74, 6) is 1.04. The van der Waals surface area contributed by atoms with E-state index in [-0.39, 0.29) is 6.01 Å². The minimum atomic E-state index is 0.234. The predicted octanol–water partition coefficient (Wildman–Crippen LogP) is 2.00. The average molecular weight is 338 g/mol. The number of aromatic nitrogens is 5. The van der Waals surface area contributed by atoms with Gasteiger partial charge in [0.15, 0.2) is 0 Å². The Bertz CT molecular complexity index is 828. The summed E-state index contributed by atoms with van der Waals surface area (Å²) in [6.45, 7) is 0.700. The standard InChI is InChI=1S/C17H18N6O2/c1-24-16-13(9-21-17(23-16)25-2)14-10-18-11-15(22-14)20-8-6-12-5-3-4-7-19-12/h3-5,7,9-11H,6,8H2,1-2H3,(H,20,22). The van der Waals surface area contributed by atoms with Crippen LogP contribution in [0, 0.1) is 0 Å². The molecule has 0 aliphatic carbocycles. The highest BCUT2D eigenvalue weighted by atomic mass is 16.5. The maximum absolute atomic E-state index is 5.29. The average Bonchev–Trinajstić information content (AvgIpc) is 2.68. The first-order valence-corrected chi connectivity index (χ1v) is 7.71. The van der Waals surface area contributed by atoms with Gasteiger partial charge in [0.1, 0.15) is 5.82 Å². The summed E-state index contributed by atoms with van der Waals surface area (Å²) in [4.78, 5) is 21.3. The third-order valence-corrected chi connectivity index (χ3v) is 3.43. The zero-order valence-corrected chi connectivity index (χ0v) is 14.0. The fourth-order valence-electron chi connectivity index (χ4n) is 2.23. The molecule has 128 valence electrons. The van der Waals surface area contributed by atoms with Gasteiger partial charge in [-0.25, -0.2) is 9.97 Å². The number of nitrogens with one attached hydrogen (secondary N) is 1. The van der Waals surface area contributed by atoms with Gasteiger partial charge < -0.3 is 14.8 Å². The fourth-order valence-corrected chi connectivity index (χ4v) is 2.23. The zero-order chi connectivity index (χ0) is 17.5. The molecule has 3 aromatic heterocycles. The molecule has 0 saturated heterocycles. The van der Waals surface area contributed by atoms with Gasteiger partial charge in [-0.1, -0.05) is 6.07 Å². The summed E-state index contributed by atoms with van der Waals surface area (Å²) in [6, 6.07) is 6.09. The van der Waals surface area contributed by atoms with Crippen molar-refractivity contribution in [3.63, 3.8) is 0 Å². The number of rotatable bonds is 7. The van der Waals surface area contributed by atoms with Crippen molar-refractivity contribution in [2.75, 3.05) is 26.1 Å². The van der Waals surface area contributed by atoms with E-state index in [0.717, 1.165) is 12.1 Å². The highest BCUT2D eigenvalue weighted by molar-refractivity contribution is 5.64. The molecule has 0 spiro atoms. The van der Waals surface area contributed by atoms with Gasteiger partial charge in [-0.15, -0.1) is 0 Å². The van der Waals surface area contributed by atoms with E-state index in [4.69, 9.17) is 9.47 Å². The molecule has 0 unspecified atom stereocenters. The van der Waals surface area contributed by atoms with E-state index in [0.29, 0.717) is 29.5 Å². The Kier molecular flexibility index (Phi) is 5.30. The normalized spacial score (nSPS) is 10.3. The lowest BCUT2D eigenvalue weighted by Gasteiger charge is -2.09. The van der Waals surface area contributed by atoms with Crippen LogP contribution in [0.5, 0.6) is 11.9 Å². The highest BCUT2D eigenvalue weighted by Crippen LogP contribution is 2.27. The van der Waals surface area contributed by atoms with Crippen molar-refractivity contribution in [2.24, 2.45) is 0 Å². The SMILES string of the molecule is COc1ncc(-c2cncc(NCCc3ccccn3)n2)c(OC)n1. The predicted molar refractivity (Wildman–Crippen MR) is 92.6 cm³/mol. The first kappa shape index (κ1) is 16.6. The van der Waals surface area contributed by atoms with E-state index in [1.165, 1.54) is 14.2 Å². The molecule has 3 aromatic rings. The van der Waals surface area contributed by atoms with Gasteiger partial charge in [0, 0.05) is 31.1 Å². The van der Waals surface area contributed by atoms with Gasteiger partial charge in [0.2, 0.25) is 5.88 Å². The molecule has 0 radical (unpaired) electrons. The second-order valence-electron chi connectivity index (χ2n) is 5.07. The summed E-state index contributed by atoms with van der Waals surface area (Å²) < 4.78 is 10.3. The van der Waals surface area contributed by atoms with Crippen LogP contribution in [0.2, 0.25) is 0 Å². The van der Waals surface area contributed by atoms with Crippen molar-refractivity contribution in [3.8, 4) is 23.1 Å². The van der Waals surface area contributed by atoms with Crippen molar-refractivity contribution in [3.05, 3.63) is 48.7 Å². The van der Waals surface area contributed by atoms with Crippen LogP contribution in [0.1, 0.15) is 5.69 Å². The summed E-state index contributed by atoms with van der Waals surface area (Å²) in [5, 5.41) is 3.24. The molecule has 3 heterocycles. The zero-order valence-electron chi connectivity index (χ0n) is 14.0. The highest BCUT2D eigenvalue weighted by Gasteiger charge is 2.12. The summed E-state index contributed by atoms with van der Waals surface area (Å²) in [6.07, 6.45) is 7.48. The molecule has 0 amide bonds. The quantitative estimate of drug-likeness (QED) is 0.699. The molecule has 0 fully saturated rings. The van der Waals surface area contributed by atoms with Crippen LogP contribution in [0.3, 0.4) is 0 Å². The number of pyridine rings is 1. The molecule has 3 rings (SSSR count). The van der Waals surface area contributed by atoms with Gasteiger partial charge >= 0.3 is 6.01 Å². The Morgan fingerprint density at radius 3 is 2.68 bits per heavy atom. The number of hydrogen-bond acceptors (Lipinski definition) is 8. The molecule has 0 saturated carbocycles. The van der Waals surface area contributed by atoms with Crippen LogP contribution in [-0.2, 0) is 6.42 Å². The van der Waals surface area contributed by atoms with Gasteiger partial charge in [-0.3, -0.25) is 9.97 Å². The lowest BCUT2D eigenvalue weighted by atomic mass is 10.2. The van der Waals surface area contributed by atoms with Gasteiger partial charge in [0.05, 0.1) is 37.9 Å². The molecule has 8 heteroatoms. The number of hydrogen-bond donors (Lipinski definition) is 1. The van der Waals surface area contributed by atoms with Crippen LogP contribution >= 0.6 is 0 Å². The Morgan fingerprint density at radius 2 is 1.92 bits per heavy atom. The Labute approximate surface area is 145 Å². The van der Waals surface area contributed by atoms with Gasteiger partial charge in [-0.05, 0) is 12.1 Å². The lowest BCUT2D eigenvalue weighted by Crippen LogP contribution is -2.08. The van der Waals surface area contributed by atoms with Crippen molar-refractivity contribution in [1.29, 1.82) is 0 Å².